The zero-order valence-corrected chi connectivity index (χ0v) is 11.8. The van der Waals surface area contributed by atoms with Crippen LogP contribution in [0.1, 0.15) is 11.1 Å². The van der Waals surface area contributed by atoms with Gasteiger partial charge in [0.15, 0.2) is 0 Å². The van der Waals surface area contributed by atoms with E-state index < -0.39 is 4.92 Å². The number of benzene rings is 2. The Labute approximate surface area is 120 Å². The molecule has 0 aliphatic rings. The molecule has 0 radical (unpaired) electrons. The molecule has 0 bridgehead atoms. The van der Waals surface area contributed by atoms with Gasteiger partial charge in [-0.3, -0.25) is 10.1 Å². The molecule has 0 N–H and O–H groups in total. The van der Waals surface area contributed by atoms with Gasteiger partial charge in [-0.2, -0.15) is 0 Å². The second kappa shape index (κ2) is 5.95. The van der Waals surface area contributed by atoms with E-state index in [1.54, 1.807) is 12.1 Å². The molecule has 0 spiro atoms. The first-order chi connectivity index (χ1) is 9.06. The molecule has 0 heterocycles. The van der Waals surface area contributed by atoms with Crippen LogP contribution in [0.4, 0.5) is 5.69 Å². The maximum Gasteiger partial charge on any atom is 0.269 e. The van der Waals surface area contributed by atoms with E-state index in [-0.39, 0.29) is 5.69 Å². The van der Waals surface area contributed by atoms with Crippen molar-refractivity contribution < 1.29 is 4.92 Å². The van der Waals surface area contributed by atoms with E-state index in [1.165, 1.54) is 29.5 Å². The van der Waals surface area contributed by atoms with Crippen molar-refractivity contribution in [3.05, 3.63) is 69.8 Å². The minimum atomic E-state index is -0.410. The van der Waals surface area contributed by atoms with Crippen molar-refractivity contribution in [2.45, 2.75) is 11.8 Å². The summed E-state index contributed by atoms with van der Waals surface area (Å²) in [4.78, 5) is 11.1. The molecule has 0 aliphatic heterocycles. The van der Waals surface area contributed by atoms with Gasteiger partial charge in [0.25, 0.3) is 5.69 Å². The summed E-state index contributed by atoms with van der Waals surface area (Å²) in [5.74, 6) is 0. The molecule has 3 nitrogen and oxygen atoms in total. The van der Waals surface area contributed by atoms with Crippen molar-refractivity contribution in [3.8, 4) is 0 Å². The average molecular weight is 289 g/mol. The van der Waals surface area contributed by atoms with Gasteiger partial charge in [0.1, 0.15) is 0 Å². The van der Waals surface area contributed by atoms with E-state index in [4.69, 9.17) is 12.2 Å². The molecular formula is C14H11NO2S2. The Morgan fingerprint density at radius 3 is 2.21 bits per heavy atom. The smallest absolute Gasteiger partial charge is 0.258 e. The number of nitrogens with zero attached hydrogens (tertiary/aromatic N) is 1. The Hall–Kier alpha value is -1.72. The molecule has 0 atom stereocenters. The topological polar surface area (TPSA) is 43.1 Å². The van der Waals surface area contributed by atoms with Crippen LogP contribution in [-0.4, -0.2) is 9.12 Å². The third-order valence-electron chi connectivity index (χ3n) is 2.55. The highest BCUT2D eigenvalue weighted by Gasteiger charge is 2.07. The third-order valence-corrected chi connectivity index (χ3v) is 3.96. The van der Waals surface area contributed by atoms with Gasteiger partial charge < -0.3 is 0 Å². The summed E-state index contributed by atoms with van der Waals surface area (Å²) in [6.07, 6.45) is 0. The number of aryl methyl sites for hydroxylation is 1. The number of non-ortho nitro benzene ring substituents is 1. The number of thioether (sulfide) groups is 1. The molecule has 2 rings (SSSR count). The molecule has 0 saturated heterocycles. The van der Waals surface area contributed by atoms with Crippen LogP contribution in [0, 0.1) is 17.0 Å². The van der Waals surface area contributed by atoms with E-state index in [0.29, 0.717) is 0 Å². The zero-order chi connectivity index (χ0) is 13.8. The summed E-state index contributed by atoms with van der Waals surface area (Å²) < 4.78 is 0.758. The van der Waals surface area contributed by atoms with Crippen molar-refractivity contribution in [2.24, 2.45) is 0 Å². The third kappa shape index (κ3) is 3.62. The first kappa shape index (κ1) is 13.7. The highest BCUT2D eigenvalue weighted by atomic mass is 32.2. The summed E-state index contributed by atoms with van der Waals surface area (Å²) in [6, 6.07) is 14.4. The van der Waals surface area contributed by atoms with Crippen molar-refractivity contribution in [1.29, 1.82) is 0 Å². The monoisotopic (exact) mass is 289 g/mol. The molecule has 19 heavy (non-hydrogen) atoms. The van der Waals surface area contributed by atoms with Crippen LogP contribution < -0.4 is 0 Å². The minimum absolute atomic E-state index is 0.0885. The molecule has 2 aromatic carbocycles. The Morgan fingerprint density at radius 1 is 1.11 bits per heavy atom. The fourth-order valence-corrected chi connectivity index (χ4v) is 2.66. The lowest BCUT2D eigenvalue weighted by Crippen LogP contribution is -1.92. The van der Waals surface area contributed by atoms with Crippen LogP contribution >= 0.6 is 24.0 Å². The normalized spacial score (nSPS) is 10.2. The molecule has 0 aliphatic carbocycles. The standard InChI is InChI=1S/C14H11NO2S2/c1-10-2-4-11(5-3-10)14(18)19-13-8-6-12(7-9-13)15(16)17/h2-9H,1H3. The van der Waals surface area contributed by atoms with Crippen molar-refractivity contribution in [2.75, 3.05) is 0 Å². The first-order valence-electron chi connectivity index (χ1n) is 5.59. The Kier molecular flexibility index (Phi) is 4.29. The summed E-state index contributed by atoms with van der Waals surface area (Å²) in [5, 5.41) is 10.6. The van der Waals surface area contributed by atoms with Gasteiger partial charge in [0, 0.05) is 17.0 Å². The average Bonchev–Trinajstić information content (AvgIpc) is 2.40. The summed E-state index contributed by atoms with van der Waals surface area (Å²) >= 11 is 6.79. The van der Waals surface area contributed by atoms with Crippen LogP contribution in [0.3, 0.4) is 0 Å². The van der Waals surface area contributed by atoms with E-state index >= 15 is 0 Å². The van der Waals surface area contributed by atoms with Crippen molar-refractivity contribution in [1.82, 2.24) is 0 Å². The van der Waals surface area contributed by atoms with Crippen LogP contribution in [0.2, 0.25) is 0 Å². The van der Waals surface area contributed by atoms with Crippen molar-refractivity contribution in [3.63, 3.8) is 0 Å². The maximum absolute atomic E-state index is 10.6. The van der Waals surface area contributed by atoms with Crippen LogP contribution in [0.25, 0.3) is 0 Å². The van der Waals surface area contributed by atoms with Crippen LogP contribution in [-0.2, 0) is 0 Å². The van der Waals surface area contributed by atoms with Crippen molar-refractivity contribution >= 4 is 33.9 Å². The molecule has 96 valence electrons. The molecule has 2 aromatic rings. The van der Waals surface area contributed by atoms with Gasteiger partial charge in [0.2, 0.25) is 0 Å². The quantitative estimate of drug-likeness (QED) is 0.364. The van der Waals surface area contributed by atoms with E-state index in [1.807, 2.05) is 31.2 Å². The summed E-state index contributed by atoms with van der Waals surface area (Å²) in [7, 11) is 0. The van der Waals surface area contributed by atoms with Gasteiger partial charge in [-0.05, 0) is 24.6 Å². The molecule has 0 aromatic heterocycles. The molecular weight excluding hydrogens is 278 g/mol. The Bertz CT molecular complexity index is 606. The molecule has 0 saturated carbocycles. The Balaban J connectivity index is 2.10. The largest absolute Gasteiger partial charge is 0.269 e. The maximum atomic E-state index is 10.6. The predicted octanol–water partition coefficient (Wildman–Crippen LogP) is 4.37. The highest BCUT2D eigenvalue weighted by Crippen LogP contribution is 2.25. The lowest BCUT2D eigenvalue weighted by Gasteiger charge is -2.04. The number of hydrogen-bond acceptors (Lipinski definition) is 4. The van der Waals surface area contributed by atoms with Gasteiger partial charge in [-0.1, -0.05) is 53.8 Å². The van der Waals surface area contributed by atoms with Crippen LogP contribution in [0.5, 0.6) is 0 Å². The number of nitro benzene ring substituents is 1. The van der Waals surface area contributed by atoms with E-state index in [9.17, 15) is 10.1 Å². The number of thiocarbonyl (C=S) groups is 1. The summed E-state index contributed by atoms with van der Waals surface area (Å²) in [5.41, 5.74) is 2.27. The van der Waals surface area contributed by atoms with Gasteiger partial charge in [0.05, 0.1) is 9.12 Å². The van der Waals surface area contributed by atoms with Gasteiger partial charge in [-0.25, -0.2) is 0 Å². The lowest BCUT2D eigenvalue weighted by atomic mass is 10.2. The van der Waals surface area contributed by atoms with Gasteiger partial charge in [-0.15, -0.1) is 0 Å². The summed E-state index contributed by atoms with van der Waals surface area (Å²) in [6.45, 7) is 2.02. The molecule has 0 unspecified atom stereocenters. The predicted molar refractivity (Wildman–Crippen MR) is 81.8 cm³/mol. The zero-order valence-electron chi connectivity index (χ0n) is 10.2. The number of nitro groups is 1. The second-order valence-corrected chi connectivity index (χ2v) is 5.76. The first-order valence-corrected chi connectivity index (χ1v) is 6.82. The molecule has 0 amide bonds. The SMILES string of the molecule is Cc1ccc(C(=S)Sc2ccc([N+](=O)[O-])cc2)cc1. The molecule has 0 fully saturated rings. The second-order valence-electron chi connectivity index (χ2n) is 4.01. The van der Waals surface area contributed by atoms with E-state index in [0.717, 1.165) is 14.7 Å². The Morgan fingerprint density at radius 2 is 1.68 bits per heavy atom. The molecule has 5 heteroatoms. The number of rotatable bonds is 3. The minimum Gasteiger partial charge on any atom is -0.258 e. The number of hydrogen-bond donors (Lipinski definition) is 0. The van der Waals surface area contributed by atoms with Gasteiger partial charge >= 0.3 is 0 Å². The highest BCUT2D eigenvalue weighted by molar-refractivity contribution is 8.23. The lowest BCUT2D eigenvalue weighted by molar-refractivity contribution is -0.384. The fraction of sp³-hybridized carbons (Fsp3) is 0.0714. The fourth-order valence-electron chi connectivity index (χ4n) is 1.49. The van der Waals surface area contributed by atoms with E-state index in [2.05, 4.69) is 0 Å². The van der Waals surface area contributed by atoms with Crippen LogP contribution in [0.15, 0.2) is 53.4 Å².